The van der Waals surface area contributed by atoms with Crippen LogP contribution >= 0.6 is 0 Å². The largest absolute Gasteiger partial charge is 0.423 e. The average molecular weight is 277 g/mol. The first kappa shape index (κ1) is 15.4. The summed E-state index contributed by atoms with van der Waals surface area (Å²) in [5.41, 5.74) is 1.06. The van der Waals surface area contributed by atoms with Crippen LogP contribution in [-0.4, -0.2) is 11.1 Å². The van der Waals surface area contributed by atoms with Gasteiger partial charge in [0, 0.05) is 0 Å². The molecule has 0 aliphatic rings. The van der Waals surface area contributed by atoms with E-state index in [9.17, 15) is 14.9 Å². The van der Waals surface area contributed by atoms with E-state index in [1.165, 1.54) is 0 Å². The van der Waals surface area contributed by atoms with Gasteiger partial charge in [-0.1, -0.05) is 30.4 Å². The Bertz CT molecular complexity index is 531. The number of rotatable bonds is 6. The van der Waals surface area contributed by atoms with Gasteiger partial charge in [0.15, 0.2) is 0 Å². The molecule has 0 amide bonds. The summed E-state index contributed by atoms with van der Waals surface area (Å²) in [5, 5.41) is 9.20. The van der Waals surface area contributed by atoms with Gasteiger partial charge in [-0.05, 0) is 31.5 Å². The second kappa shape index (κ2) is 7.73. The molecule has 20 heavy (non-hydrogen) atoms. The first-order valence-corrected chi connectivity index (χ1v) is 5.94. The second-order valence-corrected chi connectivity index (χ2v) is 3.77. The summed E-state index contributed by atoms with van der Waals surface area (Å²) in [5.74, 6) is -0.0939. The number of hydrogen-bond acceptors (Lipinski definition) is 5. The molecule has 0 saturated carbocycles. The van der Waals surface area contributed by atoms with Crippen molar-refractivity contribution in [1.82, 2.24) is 0 Å². The number of hydrogen-bond donors (Lipinski definition) is 0. The summed E-state index contributed by atoms with van der Waals surface area (Å²) < 4.78 is 5.17. The van der Waals surface area contributed by atoms with E-state index in [4.69, 9.17) is 4.74 Å². The van der Waals surface area contributed by atoms with Gasteiger partial charge in [0.1, 0.15) is 12.4 Å². The van der Waals surface area contributed by atoms with Crippen molar-refractivity contribution in [3.63, 3.8) is 0 Å². The summed E-state index contributed by atoms with van der Waals surface area (Å²) in [6.07, 6.45) is 5.05. The van der Waals surface area contributed by atoms with Gasteiger partial charge in [-0.15, -0.1) is 10.1 Å². The zero-order chi connectivity index (χ0) is 15.0. The molecular weight excluding hydrogens is 262 g/mol. The third-order valence-electron chi connectivity index (χ3n) is 2.36. The highest BCUT2D eigenvalue weighted by Crippen LogP contribution is 2.15. The molecule has 0 spiro atoms. The van der Waals surface area contributed by atoms with Crippen molar-refractivity contribution in [3.8, 4) is 5.75 Å². The molecular formula is C14H15NO5. The van der Waals surface area contributed by atoms with Crippen molar-refractivity contribution in [1.29, 1.82) is 0 Å². The van der Waals surface area contributed by atoms with Crippen molar-refractivity contribution in [2.45, 2.75) is 20.5 Å². The molecule has 0 aromatic heterocycles. The predicted molar refractivity (Wildman–Crippen MR) is 72.4 cm³/mol. The van der Waals surface area contributed by atoms with Crippen LogP contribution < -0.4 is 4.74 Å². The first-order valence-electron chi connectivity index (χ1n) is 5.94. The Kier molecular flexibility index (Phi) is 5.96. The highest BCUT2D eigenvalue weighted by atomic mass is 16.9. The summed E-state index contributed by atoms with van der Waals surface area (Å²) in [7, 11) is 0. The molecule has 0 aliphatic carbocycles. The Hall–Kier alpha value is -2.63. The van der Waals surface area contributed by atoms with Crippen LogP contribution in [0, 0.1) is 10.1 Å². The molecule has 0 unspecified atom stereocenters. The minimum Gasteiger partial charge on any atom is -0.423 e. The van der Waals surface area contributed by atoms with Gasteiger partial charge >= 0.3 is 5.97 Å². The Labute approximate surface area is 116 Å². The quantitative estimate of drug-likeness (QED) is 0.199. The van der Waals surface area contributed by atoms with E-state index in [0.29, 0.717) is 16.9 Å². The smallest absolute Gasteiger partial charge is 0.343 e. The molecule has 0 N–H and O–H groups in total. The minimum absolute atomic E-state index is 0.139. The van der Waals surface area contributed by atoms with Crippen LogP contribution in [0.15, 0.2) is 48.1 Å². The lowest BCUT2D eigenvalue weighted by molar-refractivity contribution is -0.763. The molecule has 0 aliphatic heterocycles. The molecule has 6 nitrogen and oxygen atoms in total. The van der Waals surface area contributed by atoms with Gasteiger partial charge in [-0.25, -0.2) is 4.79 Å². The predicted octanol–water partition coefficient (Wildman–Crippen LogP) is 2.82. The molecule has 6 heteroatoms. The topological polar surface area (TPSA) is 78.7 Å². The van der Waals surface area contributed by atoms with Crippen molar-refractivity contribution >= 4 is 5.97 Å². The first-order chi connectivity index (χ1) is 9.56. The van der Waals surface area contributed by atoms with Crippen LogP contribution in [0.1, 0.15) is 19.4 Å². The monoisotopic (exact) mass is 277 g/mol. The normalized spacial score (nSPS) is 11.4. The number of benzene rings is 1. The molecule has 0 heterocycles. The summed E-state index contributed by atoms with van der Waals surface area (Å²) >= 11 is 0. The highest BCUT2D eigenvalue weighted by Gasteiger charge is 2.08. The maximum absolute atomic E-state index is 11.8. The van der Waals surface area contributed by atoms with Crippen LogP contribution in [0.25, 0.3) is 0 Å². The molecule has 0 bridgehead atoms. The minimum atomic E-state index is -0.858. The van der Waals surface area contributed by atoms with Gasteiger partial charge in [-0.3, -0.25) is 0 Å². The molecule has 1 aromatic rings. The zero-order valence-electron chi connectivity index (χ0n) is 11.2. The standard InChI is InChI=1S/C14H15NO5/c1-3-5-12(4-2)14(16)20-13-8-6-11(7-9-13)10-19-15(17)18/h3-9H,10H2,1-2H3/b5-3-,12-4+. The fourth-order valence-corrected chi connectivity index (χ4v) is 1.41. The number of carbonyl (C=O) groups is 1. The fraction of sp³-hybridized carbons (Fsp3) is 0.214. The average Bonchev–Trinajstić information content (AvgIpc) is 2.43. The Morgan fingerprint density at radius 2 is 1.95 bits per heavy atom. The number of allylic oxidation sites excluding steroid dienone is 2. The van der Waals surface area contributed by atoms with Crippen LogP contribution in [0.4, 0.5) is 0 Å². The number of carbonyl (C=O) groups excluding carboxylic acids is 1. The van der Waals surface area contributed by atoms with Crippen molar-refractivity contribution in [3.05, 3.63) is 63.7 Å². The van der Waals surface area contributed by atoms with E-state index in [0.717, 1.165) is 0 Å². The second-order valence-electron chi connectivity index (χ2n) is 3.77. The van der Waals surface area contributed by atoms with E-state index in [2.05, 4.69) is 4.84 Å². The lowest BCUT2D eigenvalue weighted by Gasteiger charge is -2.05. The van der Waals surface area contributed by atoms with Gasteiger partial charge in [0.2, 0.25) is 0 Å². The van der Waals surface area contributed by atoms with Crippen LogP contribution in [-0.2, 0) is 16.2 Å². The Morgan fingerprint density at radius 3 is 2.45 bits per heavy atom. The van der Waals surface area contributed by atoms with E-state index in [-0.39, 0.29) is 6.61 Å². The molecule has 1 rings (SSSR count). The number of esters is 1. The lowest BCUT2D eigenvalue weighted by atomic mass is 10.2. The summed E-state index contributed by atoms with van der Waals surface area (Å²) in [6, 6.07) is 6.30. The molecule has 106 valence electrons. The van der Waals surface area contributed by atoms with Gasteiger partial charge in [0.05, 0.1) is 5.57 Å². The third-order valence-corrected chi connectivity index (χ3v) is 2.36. The van der Waals surface area contributed by atoms with Crippen LogP contribution in [0.2, 0.25) is 0 Å². The van der Waals surface area contributed by atoms with Crippen molar-refractivity contribution in [2.75, 3.05) is 0 Å². The van der Waals surface area contributed by atoms with Crippen molar-refractivity contribution < 1.29 is 19.5 Å². The lowest BCUT2D eigenvalue weighted by Crippen LogP contribution is -2.09. The zero-order valence-corrected chi connectivity index (χ0v) is 11.2. The Morgan fingerprint density at radius 1 is 1.30 bits per heavy atom. The summed E-state index contributed by atoms with van der Waals surface area (Å²) in [4.78, 5) is 26.1. The molecule has 0 fully saturated rings. The van der Waals surface area contributed by atoms with E-state index < -0.39 is 11.1 Å². The van der Waals surface area contributed by atoms with Crippen LogP contribution in [0.5, 0.6) is 5.75 Å². The van der Waals surface area contributed by atoms with E-state index in [1.54, 1.807) is 56.3 Å². The molecule has 1 aromatic carbocycles. The fourth-order valence-electron chi connectivity index (χ4n) is 1.41. The number of ether oxygens (including phenoxy) is 1. The molecule has 0 radical (unpaired) electrons. The maximum atomic E-state index is 11.8. The van der Waals surface area contributed by atoms with E-state index in [1.807, 2.05) is 0 Å². The highest BCUT2D eigenvalue weighted by molar-refractivity contribution is 5.92. The molecule has 0 saturated heterocycles. The third kappa shape index (κ3) is 4.93. The summed E-state index contributed by atoms with van der Waals surface area (Å²) in [6.45, 7) is 3.41. The van der Waals surface area contributed by atoms with Gasteiger partial charge in [-0.2, -0.15) is 0 Å². The van der Waals surface area contributed by atoms with Crippen LogP contribution in [0.3, 0.4) is 0 Å². The van der Waals surface area contributed by atoms with E-state index >= 15 is 0 Å². The SMILES string of the molecule is C/C=C\C(=C/C)C(=O)Oc1ccc(CO[N+](=O)[O-])cc1. The number of nitrogens with zero attached hydrogens (tertiary/aromatic N) is 1. The van der Waals surface area contributed by atoms with Gasteiger partial charge < -0.3 is 9.57 Å². The Balaban J connectivity index is 2.65. The van der Waals surface area contributed by atoms with Gasteiger partial charge in [0.25, 0.3) is 5.09 Å². The van der Waals surface area contributed by atoms with Crippen molar-refractivity contribution in [2.24, 2.45) is 0 Å². The maximum Gasteiger partial charge on any atom is 0.343 e. The molecule has 0 atom stereocenters.